The SMILES string of the molecule is COc1cccc(OC)c1-n1c(CS(=O)(=O)[C@H](C)[C@@H](C)c2ncc(F)cn2)nnc1-c1cccnc1. The van der Waals surface area contributed by atoms with Gasteiger partial charge in [0.25, 0.3) is 0 Å². The molecule has 0 aliphatic rings. The monoisotopic (exact) mass is 512 g/mol. The molecule has 0 saturated carbocycles. The van der Waals surface area contributed by atoms with Crippen molar-refractivity contribution in [2.24, 2.45) is 0 Å². The standard InChI is InChI=1S/C24H25FN6O4S/c1-15(23-27-12-18(25)13-28-23)16(2)36(32,33)14-21-29-30-24(17-7-6-10-26-11-17)31(21)22-19(34-3)8-5-9-20(22)35-4/h5-13,15-16H,14H2,1-4H3/t15-,16-/m1/s1. The topological polar surface area (TPSA) is 122 Å². The van der Waals surface area contributed by atoms with Crippen LogP contribution in [0.15, 0.2) is 55.1 Å². The van der Waals surface area contributed by atoms with E-state index >= 15 is 0 Å². The Kier molecular flexibility index (Phi) is 7.25. The van der Waals surface area contributed by atoms with Crippen LogP contribution in [0.5, 0.6) is 11.5 Å². The average molecular weight is 513 g/mol. The summed E-state index contributed by atoms with van der Waals surface area (Å²) in [7, 11) is -0.785. The molecule has 188 valence electrons. The lowest BCUT2D eigenvalue weighted by molar-refractivity contribution is 0.390. The Balaban J connectivity index is 1.81. The van der Waals surface area contributed by atoms with Gasteiger partial charge in [0.2, 0.25) is 0 Å². The van der Waals surface area contributed by atoms with Gasteiger partial charge in [-0.25, -0.2) is 22.8 Å². The summed E-state index contributed by atoms with van der Waals surface area (Å²) < 4.78 is 53.1. The third-order valence-electron chi connectivity index (χ3n) is 5.92. The Hall–Kier alpha value is -3.93. The van der Waals surface area contributed by atoms with Crippen LogP contribution in [-0.4, -0.2) is 57.6 Å². The molecule has 12 heteroatoms. The molecule has 0 amide bonds. The molecule has 0 radical (unpaired) electrons. The van der Waals surface area contributed by atoms with E-state index in [1.165, 1.54) is 14.2 Å². The predicted octanol–water partition coefficient (Wildman–Crippen LogP) is 3.38. The number of sulfone groups is 1. The minimum Gasteiger partial charge on any atom is -0.494 e. The fraction of sp³-hybridized carbons (Fsp3) is 0.292. The maximum atomic E-state index is 13.5. The van der Waals surface area contributed by atoms with Crippen molar-refractivity contribution in [3.63, 3.8) is 0 Å². The number of nitrogens with zero attached hydrogens (tertiary/aromatic N) is 6. The molecular weight excluding hydrogens is 487 g/mol. The molecule has 0 fully saturated rings. The molecule has 10 nitrogen and oxygen atoms in total. The number of aromatic nitrogens is 6. The normalized spacial score (nSPS) is 13.2. The molecule has 0 spiro atoms. The van der Waals surface area contributed by atoms with Crippen LogP contribution in [0.4, 0.5) is 4.39 Å². The fourth-order valence-corrected chi connectivity index (χ4v) is 5.32. The van der Waals surface area contributed by atoms with Crippen LogP contribution in [-0.2, 0) is 15.6 Å². The number of hydrogen-bond acceptors (Lipinski definition) is 9. The van der Waals surface area contributed by atoms with Crippen LogP contribution in [0.3, 0.4) is 0 Å². The highest BCUT2D eigenvalue weighted by molar-refractivity contribution is 7.91. The second kappa shape index (κ2) is 10.4. The Morgan fingerprint density at radius 3 is 2.22 bits per heavy atom. The van der Waals surface area contributed by atoms with Gasteiger partial charge >= 0.3 is 0 Å². The highest BCUT2D eigenvalue weighted by Crippen LogP contribution is 2.37. The minimum atomic E-state index is -3.80. The van der Waals surface area contributed by atoms with E-state index in [0.29, 0.717) is 28.6 Å². The summed E-state index contributed by atoms with van der Waals surface area (Å²) in [4.78, 5) is 12.1. The number of hydrogen-bond donors (Lipinski definition) is 0. The number of ether oxygens (including phenoxy) is 2. The van der Waals surface area contributed by atoms with Crippen LogP contribution in [0.25, 0.3) is 17.1 Å². The maximum absolute atomic E-state index is 13.5. The van der Waals surface area contributed by atoms with E-state index in [0.717, 1.165) is 12.4 Å². The third kappa shape index (κ3) is 4.89. The molecule has 4 rings (SSSR count). The molecule has 1 aromatic carbocycles. The third-order valence-corrected chi connectivity index (χ3v) is 8.13. The maximum Gasteiger partial charge on any atom is 0.170 e. The lowest BCUT2D eigenvalue weighted by Gasteiger charge is -2.20. The molecule has 0 unspecified atom stereocenters. The number of pyridine rings is 1. The van der Waals surface area contributed by atoms with Gasteiger partial charge in [0.05, 0.1) is 31.9 Å². The van der Waals surface area contributed by atoms with Crippen LogP contribution in [0.2, 0.25) is 0 Å². The van der Waals surface area contributed by atoms with Crippen LogP contribution in [0, 0.1) is 5.82 Å². The Morgan fingerprint density at radius 2 is 1.64 bits per heavy atom. The molecule has 0 bridgehead atoms. The highest BCUT2D eigenvalue weighted by atomic mass is 32.2. The fourth-order valence-electron chi connectivity index (χ4n) is 3.77. The Labute approximate surface area is 208 Å². The summed E-state index contributed by atoms with van der Waals surface area (Å²) in [6.45, 7) is 3.25. The van der Waals surface area contributed by atoms with Gasteiger partial charge in [-0.05, 0) is 31.2 Å². The number of para-hydroxylation sites is 1. The number of benzene rings is 1. The zero-order valence-electron chi connectivity index (χ0n) is 20.2. The quantitative estimate of drug-likeness (QED) is 0.332. The Morgan fingerprint density at radius 1 is 0.972 bits per heavy atom. The molecule has 0 aliphatic heterocycles. The summed E-state index contributed by atoms with van der Waals surface area (Å²) in [6, 6.07) is 8.78. The zero-order valence-corrected chi connectivity index (χ0v) is 21.0. The van der Waals surface area contributed by atoms with Crippen molar-refractivity contribution >= 4 is 9.84 Å². The van der Waals surface area contributed by atoms with E-state index < -0.39 is 32.6 Å². The zero-order chi connectivity index (χ0) is 25.9. The van der Waals surface area contributed by atoms with Crippen LogP contribution in [0.1, 0.15) is 31.4 Å². The van der Waals surface area contributed by atoms with Gasteiger partial charge in [0.1, 0.15) is 28.8 Å². The van der Waals surface area contributed by atoms with Crippen molar-refractivity contribution < 1.29 is 22.3 Å². The van der Waals surface area contributed by atoms with Gasteiger partial charge < -0.3 is 9.47 Å². The van der Waals surface area contributed by atoms with Crippen LogP contribution < -0.4 is 9.47 Å². The average Bonchev–Trinajstić information content (AvgIpc) is 3.30. The molecule has 3 aromatic heterocycles. The van der Waals surface area contributed by atoms with E-state index in [1.807, 2.05) is 0 Å². The lowest BCUT2D eigenvalue weighted by atomic mass is 10.1. The summed E-state index contributed by atoms with van der Waals surface area (Å²) in [5.74, 6) is 0.0338. The first-order valence-corrected chi connectivity index (χ1v) is 12.7. The molecular formula is C24H25FN6O4S. The van der Waals surface area contributed by atoms with E-state index in [4.69, 9.17) is 9.47 Å². The lowest BCUT2D eigenvalue weighted by Crippen LogP contribution is -2.27. The molecule has 0 saturated heterocycles. The van der Waals surface area contributed by atoms with E-state index in [1.54, 1.807) is 61.1 Å². The summed E-state index contributed by atoms with van der Waals surface area (Å²) >= 11 is 0. The van der Waals surface area contributed by atoms with Gasteiger partial charge in [0.15, 0.2) is 27.3 Å². The number of rotatable bonds is 9. The summed E-state index contributed by atoms with van der Waals surface area (Å²) in [5.41, 5.74) is 1.09. The van der Waals surface area contributed by atoms with Gasteiger partial charge in [0, 0.05) is 23.9 Å². The smallest absolute Gasteiger partial charge is 0.170 e. The first-order valence-electron chi connectivity index (χ1n) is 11.0. The van der Waals surface area contributed by atoms with Gasteiger partial charge in [-0.3, -0.25) is 9.55 Å². The molecule has 3 heterocycles. The molecule has 0 N–H and O–H groups in total. The van der Waals surface area contributed by atoms with Crippen molar-refractivity contribution in [2.45, 2.75) is 30.8 Å². The first-order chi connectivity index (χ1) is 17.3. The predicted molar refractivity (Wildman–Crippen MR) is 130 cm³/mol. The summed E-state index contributed by atoms with van der Waals surface area (Å²) in [6.07, 6.45) is 5.27. The van der Waals surface area contributed by atoms with Gasteiger partial charge in [-0.2, -0.15) is 0 Å². The van der Waals surface area contributed by atoms with Crippen molar-refractivity contribution in [1.29, 1.82) is 0 Å². The second-order valence-electron chi connectivity index (χ2n) is 8.09. The summed E-state index contributed by atoms with van der Waals surface area (Å²) in [5, 5.41) is 7.65. The van der Waals surface area contributed by atoms with Crippen molar-refractivity contribution in [3.8, 4) is 28.6 Å². The minimum absolute atomic E-state index is 0.163. The largest absolute Gasteiger partial charge is 0.494 e. The van der Waals surface area contributed by atoms with Crippen molar-refractivity contribution in [1.82, 2.24) is 29.7 Å². The Bertz CT molecular complexity index is 1420. The van der Waals surface area contributed by atoms with Crippen LogP contribution >= 0.6 is 0 Å². The van der Waals surface area contributed by atoms with Gasteiger partial charge in [-0.1, -0.05) is 13.0 Å². The second-order valence-corrected chi connectivity index (χ2v) is 10.4. The first kappa shape index (κ1) is 25.2. The molecule has 2 atom stereocenters. The van der Waals surface area contributed by atoms with E-state index in [2.05, 4.69) is 25.1 Å². The highest BCUT2D eigenvalue weighted by Gasteiger charge is 2.33. The number of halogens is 1. The molecule has 4 aromatic rings. The van der Waals surface area contributed by atoms with Gasteiger partial charge in [-0.15, -0.1) is 10.2 Å². The molecule has 36 heavy (non-hydrogen) atoms. The van der Waals surface area contributed by atoms with Crippen molar-refractivity contribution in [2.75, 3.05) is 14.2 Å². The van der Waals surface area contributed by atoms with E-state index in [9.17, 15) is 12.8 Å². The van der Waals surface area contributed by atoms with E-state index in [-0.39, 0.29) is 11.6 Å². The number of methoxy groups -OCH3 is 2. The molecule has 0 aliphatic carbocycles. The van der Waals surface area contributed by atoms with Crippen molar-refractivity contribution in [3.05, 3.63) is 72.6 Å².